The number of thioether (sulfide) groups is 1. The third kappa shape index (κ3) is 3.15. The van der Waals surface area contributed by atoms with Gasteiger partial charge in [-0.25, -0.2) is 15.0 Å². The zero-order valence-electron chi connectivity index (χ0n) is 12.4. The molecule has 0 saturated carbocycles. The Morgan fingerprint density at radius 3 is 2.86 bits per heavy atom. The summed E-state index contributed by atoms with van der Waals surface area (Å²) >= 11 is 3.13. The number of fused-ring (bicyclic) bond motifs is 1. The first-order valence-electron chi connectivity index (χ1n) is 6.79. The van der Waals surface area contributed by atoms with Crippen molar-refractivity contribution in [3.8, 4) is 5.75 Å². The van der Waals surface area contributed by atoms with Crippen LogP contribution in [0.2, 0.25) is 0 Å². The van der Waals surface area contributed by atoms with Crippen LogP contribution in [-0.2, 0) is 12.8 Å². The predicted molar refractivity (Wildman–Crippen MR) is 91.8 cm³/mol. The number of hydrogen-bond donors (Lipinski definition) is 1. The molecule has 0 saturated heterocycles. The molecule has 0 amide bonds. The van der Waals surface area contributed by atoms with E-state index in [1.807, 2.05) is 18.4 Å². The van der Waals surface area contributed by atoms with Gasteiger partial charge in [-0.15, -0.1) is 11.8 Å². The molecule has 0 aliphatic carbocycles. The highest BCUT2D eigenvalue weighted by molar-refractivity contribution is 7.98. The summed E-state index contributed by atoms with van der Waals surface area (Å²) < 4.78 is 5.25. The van der Waals surface area contributed by atoms with Crippen LogP contribution in [0, 0.1) is 0 Å². The lowest BCUT2D eigenvalue weighted by Gasteiger charge is -2.03. The summed E-state index contributed by atoms with van der Waals surface area (Å²) in [5.74, 6) is 1.19. The Labute approximate surface area is 137 Å². The van der Waals surface area contributed by atoms with E-state index in [9.17, 15) is 0 Å². The number of hydrogen-bond acceptors (Lipinski definition) is 7. The second kappa shape index (κ2) is 6.50. The van der Waals surface area contributed by atoms with E-state index in [1.165, 1.54) is 5.56 Å². The number of nitrogens with zero attached hydrogens (tertiary/aromatic N) is 3. The molecule has 2 heterocycles. The number of anilines is 1. The molecule has 0 radical (unpaired) electrons. The quantitative estimate of drug-likeness (QED) is 0.571. The van der Waals surface area contributed by atoms with Gasteiger partial charge < -0.3 is 10.5 Å². The molecule has 3 rings (SSSR count). The number of nitrogen functional groups attached to an aromatic ring is 1. The van der Waals surface area contributed by atoms with Crippen molar-refractivity contribution in [2.75, 3.05) is 19.1 Å². The maximum absolute atomic E-state index is 5.74. The van der Waals surface area contributed by atoms with Crippen LogP contribution in [0.25, 0.3) is 10.3 Å². The lowest BCUT2D eigenvalue weighted by atomic mass is 10.1. The highest BCUT2D eigenvalue weighted by Gasteiger charge is 2.12. The molecule has 0 bridgehead atoms. The number of aryl methyl sites for hydroxylation is 2. The average molecular weight is 332 g/mol. The predicted octanol–water partition coefficient (Wildman–Crippen LogP) is 3.18. The first-order chi connectivity index (χ1) is 10.7. The number of nitrogens with two attached hydrogens (primary N) is 1. The fourth-order valence-electron chi connectivity index (χ4n) is 2.18. The monoisotopic (exact) mass is 332 g/mol. The number of ether oxygens (including phenoxy) is 1. The summed E-state index contributed by atoms with van der Waals surface area (Å²) in [6.45, 7) is 0. The van der Waals surface area contributed by atoms with Crippen LogP contribution >= 0.6 is 23.1 Å². The zero-order chi connectivity index (χ0) is 15.5. The largest absolute Gasteiger partial charge is 0.497 e. The first-order valence-corrected chi connectivity index (χ1v) is 8.83. The maximum atomic E-state index is 5.74. The van der Waals surface area contributed by atoms with Crippen molar-refractivity contribution in [1.29, 1.82) is 0 Å². The fraction of sp³-hybridized carbons (Fsp3) is 0.267. The van der Waals surface area contributed by atoms with Crippen molar-refractivity contribution < 1.29 is 4.74 Å². The standard InChI is InChI=1S/C15H16N4OS2/c1-20-10-5-3-4-9(8-10)6-7-11-17-12-13(21-2)18-15(16)19-14(12)22-11/h3-5,8H,6-7H2,1-2H3,(H2,16,18,19). The van der Waals surface area contributed by atoms with Crippen molar-refractivity contribution in [3.05, 3.63) is 34.8 Å². The van der Waals surface area contributed by atoms with Crippen LogP contribution in [0.15, 0.2) is 29.3 Å². The third-order valence-electron chi connectivity index (χ3n) is 3.24. The summed E-state index contributed by atoms with van der Waals surface area (Å²) in [5, 5.41) is 1.89. The maximum Gasteiger partial charge on any atom is 0.222 e. The number of methoxy groups -OCH3 is 1. The van der Waals surface area contributed by atoms with Crippen molar-refractivity contribution in [3.63, 3.8) is 0 Å². The summed E-state index contributed by atoms with van der Waals surface area (Å²) in [5.41, 5.74) is 7.82. The molecule has 0 aliphatic rings. The Morgan fingerprint density at radius 1 is 1.23 bits per heavy atom. The van der Waals surface area contributed by atoms with Gasteiger partial charge in [-0.2, -0.15) is 0 Å². The Morgan fingerprint density at radius 2 is 2.09 bits per heavy atom. The molecular formula is C15H16N4OS2. The van der Waals surface area contributed by atoms with Gasteiger partial charge in [0.15, 0.2) is 0 Å². The minimum atomic E-state index is 0.305. The van der Waals surface area contributed by atoms with Crippen LogP contribution in [0.4, 0.5) is 5.95 Å². The zero-order valence-corrected chi connectivity index (χ0v) is 14.0. The molecule has 7 heteroatoms. The van der Waals surface area contributed by atoms with E-state index < -0.39 is 0 Å². The number of benzene rings is 1. The molecule has 5 nitrogen and oxygen atoms in total. The van der Waals surface area contributed by atoms with E-state index in [0.717, 1.165) is 39.0 Å². The topological polar surface area (TPSA) is 73.9 Å². The second-order valence-corrected chi connectivity index (χ2v) is 6.56. The van der Waals surface area contributed by atoms with Gasteiger partial charge in [-0.1, -0.05) is 23.5 Å². The molecule has 0 fully saturated rings. The van der Waals surface area contributed by atoms with Crippen LogP contribution in [0.5, 0.6) is 5.75 Å². The van der Waals surface area contributed by atoms with Gasteiger partial charge in [0.1, 0.15) is 21.1 Å². The van der Waals surface area contributed by atoms with Crippen LogP contribution < -0.4 is 10.5 Å². The van der Waals surface area contributed by atoms with Gasteiger partial charge >= 0.3 is 0 Å². The molecule has 2 aromatic heterocycles. The van der Waals surface area contributed by atoms with Gasteiger partial charge in [0.05, 0.1) is 12.1 Å². The minimum absolute atomic E-state index is 0.305. The van der Waals surface area contributed by atoms with Crippen LogP contribution in [0.1, 0.15) is 10.6 Å². The van der Waals surface area contributed by atoms with Crippen LogP contribution in [0.3, 0.4) is 0 Å². The highest BCUT2D eigenvalue weighted by atomic mass is 32.2. The van der Waals surface area contributed by atoms with Crippen molar-refractivity contribution in [2.45, 2.75) is 17.9 Å². The average Bonchev–Trinajstić information content (AvgIpc) is 2.95. The first kappa shape index (κ1) is 15.1. The van der Waals surface area contributed by atoms with Gasteiger partial charge in [0.2, 0.25) is 5.95 Å². The summed E-state index contributed by atoms with van der Waals surface area (Å²) in [4.78, 5) is 14.0. The van der Waals surface area contributed by atoms with E-state index in [0.29, 0.717) is 5.95 Å². The molecule has 2 N–H and O–H groups in total. The third-order valence-corrected chi connectivity index (χ3v) is 4.92. The van der Waals surface area contributed by atoms with Gasteiger partial charge in [0.25, 0.3) is 0 Å². The fourth-order valence-corrected chi connectivity index (χ4v) is 3.71. The number of rotatable bonds is 5. The second-order valence-electron chi connectivity index (χ2n) is 4.70. The summed E-state index contributed by atoms with van der Waals surface area (Å²) in [6.07, 6.45) is 3.74. The van der Waals surface area contributed by atoms with Crippen molar-refractivity contribution >= 4 is 39.4 Å². The molecule has 1 aromatic carbocycles. The molecule has 22 heavy (non-hydrogen) atoms. The summed E-state index contributed by atoms with van der Waals surface area (Å²) in [7, 11) is 1.68. The Kier molecular flexibility index (Phi) is 4.44. The number of thiazole rings is 1. The van der Waals surface area contributed by atoms with E-state index in [2.05, 4.69) is 27.1 Å². The van der Waals surface area contributed by atoms with Gasteiger partial charge in [0, 0.05) is 6.42 Å². The molecule has 0 aliphatic heterocycles. The SMILES string of the molecule is COc1cccc(CCc2nc3c(SC)nc(N)nc3s2)c1. The van der Waals surface area contributed by atoms with E-state index in [-0.39, 0.29) is 0 Å². The van der Waals surface area contributed by atoms with Crippen molar-refractivity contribution in [1.82, 2.24) is 15.0 Å². The Balaban J connectivity index is 1.82. The molecule has 3 aromatic rings. The lowest BCUT2D eigenvalue weighted by Crippen LogP contribution is -1.95. The van der Waals surface area contributed by atoms with Crippen LogP contribution in [-0.4, -0.2) is 28.3 Å². The lowest BCUT2D eigenvalue weighted by molar-refractivity contribution is 0.414. The molecular weight excluding hydrogens is 316 g/mol. The van der Waals surface area contributed by atoms with Crippen molar-refractivity contribution in [2.24, 2.45) is 0 Å². The van der Waals surface area contributed by atoms with E-state index in [1.54, 1.807) is 30.2 Å². The Hall–Kier alpha value is -1.86. The smallest absolute Gasteiger partial charge is 0.222 e. The molecule has 114 valence electrons. The molecule has 0 spiro atoms. The molecule has 0 atom stereocenters. The normalized spacial score (nSPS) is 11.0. The highest BCUT2D eigenvalue weighted by Crippen LogP contribution is 2.28. The number of aromatic nitrogens is 3. The molecule has 0 unspecified atom stereocenters. The van der Waals surface area contributed by atoms with E-state index in [4.69, 9.17) is 10.5 Å². The van der Waals surface area contributed by atoms with Gasteiger partial charge in [-0.05, 0) is 30.4 Å². The summed E-state index contributed by atoms with van der Waals surface area (Å²) in [6, 6.07) is 8.11. The minimum Gasteiger partial charge on any atom is -0.497 e. The van der Waals surface area contributed by atoms with E-state index >= 15 is 0 Å². The Bertz CT molecular complexity index is 803. The van der Waals surface area contributed by atoms with Gasteiger partial charge in [-0.3, -0.25) is 0 Å².